The first-order valence-corrected chi connectivity index (χ1v) is 6.20. The van der Waals surface area contributed by atoms with Crippen LogP contribution >= 0.6 is 0 Å². The van der Waals surface area contributed by atoms with E-state index in [4.69, 9.17) is 5.11 Å². The van der Waals surface area contributed by atoms with E-state index in [2.05, 4.69) is 5.32 Å². The van der Waals surface area contributed by atoms with Crippen LogP contribution in [0, 0.1) is 5.41 Å². The zero-order valence-electron chi connectivity index (χ0n) is 10.4. The number of carbonyl (C=O) groups is 2. The van der Waals surface area contributed by atoms with Crippen LogP contribution in [0.4, 0.5) is 0 Å². The molecule has 5 heteroatoms. The van der Waals surface area contributed by atoms with E-state index < -0.39 is 11.4 Å². The van der Waals surface area contributed by atoms with Crippen LogP contribution in [0.1, 0.15) is 33.1 Å². The van der Waals surface area contributed by atoms with Crippen molar-refractivity contribution in [2.24, 2.45) is 5.41 Å². The smallest absolute Gasteiger partial charge is 0.310 e. The molecule has 5 nitrogen and oxygen atoms in total. The maximum absolute atomic E-state index is 11.9. The number of aliphatic carboxylic acids is 1. The molecular weight excluding hydrogens is 220 g/mol. The molecule has 1 heterocycles. The summed E-state index contributed by atoms with van der Waals surface area (Å²) in [7, 11) is 0. The Morgan fingerprint density at radius 2 is 2.12 bits per heavy atom. The second-order valence-corrected chi connectivity index (χ2v) is 5.55. The summed E-state index contributed by atoms with van der Waals surface area (Å²) in [5.41, 5.74) is -0.700. The van der Waals surface area contributed by atoms with Crippen molar-refractivity contribution in [2.75, 3.05) is 13.1 Å². The van der Waals surface area contributed by atoms with Gasteiger partial charge in [0.1, 0.15) is 0 Å². The van der Waals surface area contributed by atoms with Gasteiger partial charge in [0, 0.05) is 19.1 Å². The minimum absolute atomic E-state index is 0.0298. The maximum atomic E-state index is 11.9. The van der Waals surface area contributed by atoms with Gasteiger partial charge in [0.15, 0.2) is 0 Å². The van der Waals surface area contributed by atoms with E-state index in [1.54, 1.807) is 6.92 Å². The number of nitrogens with zero attached hydrogens (tertiary/aromatic N) is 1. The average Bonchev–Trinajstić information content (AvgIpc) is 2.98. The first kappa shape index (κ1) is 12.4. The van der Waals surface area contributed by atoms with E-state index in [1.165, 1.54) is 0 Å². The molecular formula is C12H20N2O3. The zero-order chi connectivity index (χ0) is 12.6. The number of amides is 1. The Kier molecular flexibility index (Phi) is 3.12. The molecule has 0 bridgehead atoms. The van der Waals surface area contributed by atoms with Crippen LogP contribution < -0.4 is 5.32 Å². The summed E-state index contributed by atoms with van der Waals surface area (Å²) in [6, 6.07) is 0.134. The van der Waals surface area contributed by atoms with Gasteiger partial charge in [-0.1, -0.05) is 0 Å². The number of hydrogen-bond acceptors (Lipinski definition) is 3. The van der Waals surface area contributed by atoms with Gasteiger partial charge in [0.2, 0.25) is 5.91 Å². The molecule has 2 fully saturated rings. The molecule has 2 rings (SSSR count). The fourth-order valence-electron chi connectivity index (χ4n) is 2.22. The van der Waals surface area contributed by atoms with Crippen molar-refractivity contribution in [3.05, 3.63) is 0 Å². The highest BCUT2D eigenvalue weighted by Crippen LogP contribution is 2.31. The number of rotatable bonds is 4. The van der Waals surface area contributed by atoms with Crippen molar-refractivity contribution in [3.63, 3.8) is 0 Å². The third-order valence-electron chi connectivity index (χ3n) is 3.87. The third kappa shape index (κ3) is 2.60. The van der Waals surface area contributed by atoms with E-state index >= 15 is 0 Å². The molecule has 2 unspecified atom stereocenters. The quantitative estimate of drug-likeness (QED) is 0.748. The number of carboxylic acid groups (broad SMARTS) is 1. The standard InChI is InChI=1S/C12H20N2O3/c1-8(10(15)13-9-3-4-9)14-6-5-12(2,7-14)11(16)17/h8-9H,3-7H2,1-2H3,(H,13,15)(H,16,17). The molecule has 1 aliphatic carbocycles. The first-order chi connectivity index (χ1) is 7.92. The highest BCUT2D eigenvalue weighted by atomic mass is 16.4. The van der Waals surface area contributed by atoms with E-state index in [-0.39, 0.29) is 11.9 Å². The molecule has 17 heavy (non-hydrogen) atoms. The maximum Gasteiger partial charge on any atom is 0.310 e. The van der Waals surface area contributed by atoms with Crippen LogP contribution in [-0.2, 0) is 9.59 Å². The summed E-state index contributed by atoms with van der Waals surface area (Å²) in [4.78, 5) is 24.9. The van der Waals surface area contributed by atoms with Crippen LogP contribution in [0.15, 0.2) is 0 Å². The van der Waals surface area contributed by atoms with Gasteiger partial charge in [-0.05, 0) is 33.1 Å². The van der Waals surface area contributed by atoms with Gasteiger partial charge in [0.25, 0.3) is 0 Å². The first-order valence-electron chi connectivity index (χ1n) is 6.20. The largest absolute Gasteiger partial charge is 0.481 e. The van der Waals surface area contributed by atoms with E-state index in [0.29, 0.717) is 25.6 Å². The van der Waals surface area contributed by atoms with Gasteiger partial charge in [0.05, 0.1) is 11.5 Å². The lowest BCUT2D eigenvalue weighted by Crippen LogP contribution is -2.46. The summed E-state index contributed by atoms with van der Waals surface area (Å²) < 4.78 is 0. The Balaban J connectivity index is 1.90. The lowest BCUT2D eigenvalue weighted by molar-refractivity contribution is -0.147. The molecule has 1 saturated heterocycles. The van der Waals surface area contributed by atoms with Gasteiger partial charge in [-0.3, -0.25) is 14.5 Å². The highest BCUT2D eigenvalue weighted by Gasteiger charge is 2.43. The summed E-state index contributed by atoms with van der Waals surface area (Å²) in [5.74, 6) is -0.739. The molecule has 1 saturated carbocycles. The predicted molar refractivity (Wildman–Crippen MR) is 62.6 cm³/mol. The molecule has 2 aliphatic rings. The normalized spacial score (nSPS) is 31.2. The van der Waals surface area contributed by atoms with Crippen molar-refractivity contribution >= 4 is 11.9 Å². The van der Waals surface area contributed by atoms with Gasteiger partial charge in [-0.15, -0.1) is 0 Å². The Morgan fingerprint density at radius 1 is 1.47 bits per heavy atom. The summed E-state index contributed by atoms with van der Waals surface area (Å²) in [5, 5.41) is 12.1. The molecule has 2 N–H and O–H groups in total. The minimum Gasteiger partial charge on any atom is -0.481 e. The van der Waals surface area contributed by atoms with Crippen molar-refractivity contribution in [3.8, 4) is 0 Å². The van der Waals surface area contributed by atoms with E-state index in [0.717, 1.165) is 12.8 Å². The van der Waals surface area contributed by atoms with Gasteiger partial charge >= 0.3 is 5.97 Å². The van der Waals surface area contributed by atoms with Crippen molar-refractivity contribution < 1.29 is 14.7 Å². The Hall–Kier alpha value is -1.10. The predicted octanol–water partition coefficient (Wildman–Crippen LogP) is 0.450. The summed E-state index contributed by atoms with van der Waals surface area (Å²) >= 11 is 0. The zero-order valence-corrected chi connectivity index (χ0v) is 10.4. The highest BCUT2D eigenvalue weighted by molar-refractivity contribution is 5.82. The molecule has 2 atom stereocenters. The fourth-order valence-corrected chi connectivity index (χ4v) is 2.22. The minimum atomic E-state index is -0.769. The van der Waals surface area contributed by atoms with Gasteiger partial charge in [-0.2, -0.15) is 0 Å². The van der Waals surface area contributed by atoms with E-state index in [9.17, 15) is 9.59 Å². The molecule has 0 spiro atoms. The van der Waals surface area contributed by atoms with Crippen LogP contribution in [0.3, 0.4) is 0 Å². The summed E-state index contributed by atoms with van der Waals surface area (Å²) in [6.07, 6.45) is 2.76. The fraction of sp³-hybridized carbons (Fsp3) is 0.833. The molecule has 1 amide bonds. The van der Waals surface area contributed by atoms with Gasteiger partial charge < -0.3 is 10.4 Å². The van der Waals surface area contributed by atoms with E-state index in [1.807, 2.05) is 11.8 Å². The lowest BCUT2D eigenvalue weighted by Gasteiger charge is -2.25. The Morgan fingerprint density at radius 3 is 2.59 bits per heavy atom. The monoisotopic (exact) mass is 240 g/mol. The molecule has 0 radical (unpaired) electrons. The number of carbonyl (C=O) groups excluding carboxylic acids is 1. The molecule has 96 valence electrons. The molecule has 0 aromatic carbocycles. The lowest BCUT2D eigenvalue weighted by atomic mass is 9.90. The number of nitrogens with one attached hydrogen (secondary N) is 1. The topological polar surface area (TPSA) is 69.6 Å². The SMILES string of the molecule is CC(C(=O)NC1CC1)N1CCC(C)(C(=O)O)C1. The molecule has 1 aliphatic heterocycles. The van der Waals surface area contributed by atoms with Crippen molar-refractivity contribution in [1.82, 2.24) is 10.2 Å². The second-order valence-electron chi connectivity index (χ2n) is 5.55. The van der Waals surface area contributed by atoms with Gasteiger partial charge in [-0.25, -0.2) is 0 Å². The Bertz CT molecular complexity index is 341. The Labute approximate surface area is 101 Å². The van der Waals surface area contributed by atoms with Crippen LogP contribution in [0.2, 0.25) is 0 Å². The third-order valence-corrected chi connectivity index (χ3v) is 3.87. The van der Waals surface area contributed by atoms with Crippen LogP contribution in [0.25, 0.3) is 0 Å². The number of hydrogen-bond donors (Lipinski definition) is 2. The molecule has 0 aromatic heterocycles. The molecule has 0 aromatic rings. The second kappa shape index (κ2) is 4.29. The van der Waals surface area contributed by atoms with Crippen LogP contribution in [-0.4, -0.2) is 47.1 Å². The van der Waals surface area contributed by atoms with Crippen molar-refractivity contribution in [2.45, 2.75) is 45.2 Å². The van der Waals surface area contributed by atoms with Crippen molar-refractivity contribution in [1.29, 1.82) is 0 Å². The number of likely N-dealkylation sites (tertiary alicyclic amines) is 1. The number of carboxylic acids is 1. The van der Waals surface area contributed by atoms with Crippen LogP contribution in [0.5, 0.6) is 0 Å². The summed E-state index contributed by atoms with van der Waals surface area (Å²) in [6.45, 7) is 4.75. The average molecular weight is 240 g/mol.